The molecule has 2 aromatic carbocycles. The molecule has 0 bridgehead atoms. The Kier molecular flexibility index (Phi) is 4.76. The summed E-state index contributed by atoms with van der Waals surface area (Å²) in [6.45, 7) is 1.75. The minimum absolute atomic E-state index is 0.123. The fraction of sp³-hybridized carbons (Fsp3) is 0.118. The second kappa shape index (κ2) is 6.61. The van der Waals surface area contributed by atoms with Crippen molar-refractivity contribution in [2.45, 2.75) is 11.8 Å². The monoisotopic (exact) mass is 415 g/mol. The maximum Gasteiger partial charge on any atom is 0.312 e. The fourth-order valence-corrected chi connectivity index (χ4v) is 4.12. The van der Waals surface area contributed by atoms with E-state index in [0.29, 0.717) is 22.3 Å². The number of benzene rings is 2. The number of rotatable bonds is 3. The van der Waals surface area contributed by atoms with Crippen LogP contribution in [0.3, 0.4) is 0 Å². The first-order valence-corrected chi connectivity index (χ1v) is 10.4. The largest absolute Gasteiger partial charge is 0.312 e. The molecule has 0 fully saturated rings. The number of aromatic nitrogens is 1. The predicted molar refractivity (Wildman–Crippen MR) is 98.1 cm³/mol. The number of thiazole rings is 1. The van der Waals surface area contributed by atoms with Gasteiger partial charge in [-0.2, -0.15) is 0 Å². The van der Waals surface area contributed by atoms with Crippen molar-refractivity contribution in [3.8, 4) is 16.9 Å². The van der Waals surface area contributed by atoms with E-state index >= 15 is 0 Å². The van der Waals surface area contributed by atoms with Gasteiger partial charge in [-0.3, -0.25) is 9.36 Å². The van der Waals surface area contributed by atoms with Crippen LogP contribution < -0.4 is 4.87 Å². The van der Waals surface area contributed by atoms with Crippen molar-refractivity contribution < 1.29 is 17.2 Å². The summed E-state index contributed by atoms with van der Waals surface area (Å²) in [7, 11) is -3.92. The molecule has 3 rings (SSSR count). The summed E-state index contributed by atoms with van der Waals surface area (Å²) < 4.78 is 53.1. The summed E-state index contributed by atoms with van der Waals surface area (Å²) >= 11 is 6.82. The summed E-state index contributed by atoms with van der Waals surface area (Å²) in [6.07, 6.45) is 0.793. The third-order valence-electron chi connectivity index (χ3n) is 3.79. The standard InChI is InChI=1S/C17H12ClF2NO3S2/c1-9-5-10(3-4-12(9)18)21-15(8-25-17(21)22)11-6-14(20)16(7-13(11)19)26(2,23)24/h3-8H,1-2H3. The van der Waals surface area contributed by atoms with E-state index in [-0.39, 0.29) is 11.3 Å². The minimum Gasteiger partial charge on any atom is -0.267 e. The summed E-state index contributed by atoms with van der Waals surface area (Å²) in [5, 5.41) is 1.90. The van der Waals surface area contributed by atoms with Crippen LogP contribution >= 0.6 is 22.9 Å². The Morgan fingerprint density at radius 2 is 1.81 bits per heavy atom. The van der Waals surface area contributed by atoms with Gasteiger partial charge in [0.1, 0.15) is 16.5 Å². The molecule has 0 radical (unpaired) electrons. The lowest BCUT2D eigenvalue weighted by Crippen LogP contribution is -2.13. The van der Waals surface area contributed by atoms with Crippen molar-refractivity contribution in [3.63, 3.8) is 0 Å². The van der Waals surface area contributed by atoms with Crippen LogP contribution in [0.4, 0.5) is 8.78 Å². The van der Waals surface area contributed by atoms with E-state index in [2.05, 4.69) is 0 Å². The third-order valence-corrected chi connectivity index (χ3v) is 6.05. The summed E-state index contributed by atoms with van der Waals surface area (Å²) in [4.78, 5) is 11.1. The first-order chi connectivity index (χ1) is 12.1. The van der Waals surface area contributed by atoms with E-state index in [1.807, 2.05) is 0 Å². The third kappa shape index (κ3) is 3.32. The van der Waals surface area contributed by atoms with Crippen molar-refractivity contribution in [1.29, 1.82) is 0 Å². The van der Waals surface area contributed by atoms with Crippen molar-refractivity contribution in [1.82, 2.24) is 4.57 Å². The van der Waals surface area contributed by atoms with Crippen LogP contribution in [0.25, 0.3) is 16.9 Å². The maximum atomic E-state index is 14.5. The number of hydrogen-bond acceptors (Lipinski definition) is 4. The van der Waals surface area contributed by atoms with Crippen LogP contribution in [0.5, 0.6) is 0 Å². The van der Waals surface area contributed by atoms with Crippen LogP contribution in [-0.2, 0) is 9.84 Å². The van der Waals surface area contributed by atoms with Gasteiger partial charge in [0.05, 0.1) is 11.4 Å². The quantitative estimate of drug-likeness (QED) is 0.644. The van der Waals surface area contributed by atoms with Gasteiger partial charge in [0.15, 0.2) is 9.84 Å². The lowest BCUT2D eigenvalue weighted by Gasteiger charge is -2.11. The highest BCUT2D eigenvalue weighted by molar-refractivity contribution is 7.90. The molecule has 0 aliphatic carbocycles. The highest BCUT2D eigenvalue weighted by atomic mass is 35.5. The zero-order chi connectivity index (χ0) is 19.2. The van der Waals surface area contributed by atoms with Gasteiger partial charge >= 0.3 is 4.87 Å². The molecular formula is C17H12ClF2NO3S2. The molecule has 0 atom stereocenters. The van der Waals surface area contributed by atoms with Gasteiger partial charge < -0.3 is 0 Å². The number of nitrogens with zero attached hydrogens (tertiary/aromatic N) is 1. The molecule has 26 heavy (non-hydrogen) atoms. The normalized spacial score (nSPS) is 11.7. The van der Waals surface area contributed by atoms with Gasteiger partial charge in [-0.05, 0) is 42.8 Å². The van der Waals surface area contributed by atoms with Gasteiger partial charge in [0, 0.05) is 22.2 Å². The molecule has 1 aromatic heterocycles. The summed E-state index contributed by atoms with van der Waals surface area (Å²) in [6, 6.07) is 6.25. The number of sulfone groups is 1. The van der Waals surface area contributed by atoms with Gasteiger partial charge in [0.25, 0.3) is 0 Å². The lowest BCUT2D eigenvalue weighted by molar-refractivity contribution is 0.557. The predicted octanol–water partition coefficient (Wildman–Crippen LogP) is 4.21. The maximum absolute atomic E-state index is 14.5. The SMILES string of the molecule is Cc1cc(-n2c(-c3cc(F)c(S(C)(=O)=O)cc3F)csc2=O)ccc1Cl. The molecule has 0 saturated heterocycles. The zero-order valence-corrected chi connectivity index (χ0v) is 16.0. The first-order valence-electron chi connectivity index (χ1n) is 7.26. The van der Waals surface area contributed by atoms with E-state index in [4.69, 9.17) is 11.6 Å². The minimum atomic E-state index is -3.92. The molecule has 0 aliphatic rings. The zero-order valence-electron chi connectivity index (χ0n) is 13.6. The second-order valence-corrected chi connectivity index (χ2v) is 8.90. The highest BCUT2D eigenvalue weighted by Crippen LogP contribution is 2.30. The Hall–Kier alpha value is -2.03. The van der Waals surface area contributed by atoms with E-state index in [1.54, 1.807) is 25.1 Å². The molecule has 0 saturated carbocycles. The Balaban J connectivity index is 2.26. The molecule has 0 N–H and O–H groups in total. The van der Waals surface area contributed by atoms with Gasteiger partial charge in [-0.15, -0.1) is 0 Å². The van der Waals surface area contributed by atoms with Crippen molar-refractivity contribution in [2.24, 2.45) is 0 Å². The van der Waals surface area contributed by atoms with Crippen LogP contribution in [0.1, 0.15) is 5.56 Å². The summed E-state index contributed by atoms with van der Waals surface area (Å²) in [5.74, 6) is -2.02. The van der Waals surface area contributed by atoms with E-state index in [0.717, 1.165) is 23.7 Å². The van der Waals surface area contributed by atoms with Crippen LogP contribution in [0.2, 0.25) is 5.02 Å². The van der Waals surface area contributed by atoms with Crippen LogP contribution in [0, 0.1) is 18.6 Å². The van der Waals surface area contributed by atoms with Crippen molar-refractivity contribution in [2.75, 3.05) is 6.26 Å². The number of hydrogen-bond donors (Lipinski definition) is 0. The molecule has 1 heterocycles. The molecule has 9 heteroatoms. The smallest absolute Gasteiger partial charge is 0.267 e. The van der Waals surface area contributed by atoms with E-state index in [9.17, 15) is 22.0 Å². The summed E-state index contributed by atoms with van der Waals surface area (Å²) in [5.41, 5.74) is 1.08. The highest BCUT2D eigenvalue weighted by Gasteiger charge is 2.21. The van der Waals surface area contributed by atoms with Gasteiger partial charge in [0.2, 0.25) is 0 Å². The average molecular weight is 416 g/mol. The number of aryl methyl sites for hydroxylation is 1. The Morgan fingerprint density at radius 3 is 2.42 bits per heavy atom. The second-order valence-electron chi connectivity index (χ2n) is 5.69. The lowest BCUT2D eigenvalue weighted by atomic mass is 10.1. The Bertz CT molecular complexity index is 1180. The molecule has 3 aromatic rings. The van der Waals surface area contributed by atoms with E-state index in [1.165, 1.54) is 9.95 Å². The average Bonchev–Trinajstić information content (AvgIpc) is 2.92. The Morgan fingerprint density at radius 1 is 1.12 bits per heavy atom. The van der Waals surface area contributed by atoms with Crippen LogP contribution in [-0.4, -0.2) is 19.2 Å². The molecule has 0 spiro atoms. The molecule has 0 unspecified atom stereocenters. The topological polar surface area (TPSA) is 56.1 Å². The Labute approximate surface area is 157 Å². The van der Waals surface area contributed by atoms with Crippen molar-refractivity contribution in [3.05, 3.63) is 67.6 Å². The van der Waals surface area contributed by atoms with Gasteiger partial charge in [-0.25, -0.2) is 17.2 Å². The fourth-order valence-electron chi connectivity index (χ4n) is 2.52. The number of halogens is 3. The van der Waals surface area contributed by atoms with Gasteiger partial charge in [-0.1, -0.05) is 22.9 Å². The first kappa shape index (κ1) is 18.8. The molecular weight excluding hydrogens is 404 g/mol. The molecule has 0 aliphatic heterocycles. The molecule has 4 nitrogen and oxygen atoms in total. The van der Waals surface area contributed by atoms with Crippen molar-refractivity contribution >= 4 is 32.8 Å². The van der Waals surface area contributed by atoms with Crippen LogP contribution in [0.15, 0.2) is 45.4 Å². The molecule has 136 valence electrons. The van der Waals surface area contributed by atoms with E-state index < -0.39 is 31.2 Å². The molecule has 0 amide bonds.